The lowest BCUT2D eigenvalue weighted by Crippen LogP contribution is -2.50. The molecule has 0 saturated carbocycles. The molecule has 0 bridgehead atoms. The lowest BCUT2D eigenvalue weighted by Gasteiger charge is -2.36. The van der Waals surface area contributed by atoms with E-state index in [0.717, 1.165) is 38.5 Å². The Labute approximate surface area is 132 Å². The number of carbonyl (C=O) groups is 1. The van der Waals surface area contributed by atoms with Gasteiger partial charge in [-0.05, 0) is 13.8 Å². The summed E-state index contributed by atoms with van der Waals surface area (Å²) < 4.78 is 2.03. The zero-order valence-corrected chi connectivity index (χ0v) is 13.9. The first-order valence-corrected chi connectivity index (χ1v) is 7.37. The van der Waals surface area contributed by atoms with E-state index in [1.165, 1.54) is 0 Å². The summed E-state index contributed by atoms with van der Waals surface area (Å²) in [7, 11) is 2.00. The highest BCUT2D eigenvalue weighted by Gasteiger charge is 2.28. The maximum absolute atomic E-state index is 12.3. The van der Waals surface area contributed by atoms with Crippen molar-refractivity contribution in [1.29, 1.82) is 0 Å². The van der Waals surface area contributed by atoms with Gasteiger partial charge >= 0.3 is 0 Å². The van der Waals surface area contributed by atoms with Gasteiger partial charge in [-0.25, -0.2) is 4.98 Å². The van der Waals surface area contributed by atoms with E-state index in [1.54, 1.807) is 0 Å². The van der Waals surface area contributed by atoms with Crippen LogP contribution in [0.25, 0.3) is 0 Å². The van der Waals surface area contributed by atoms with Gasteiger partial charge < -0.3 is 14.8 Å². The molecule has 120 valence electrons. The number of amides is 1. The quantitative estimate of drug-likeness (QED) is 0.867. The summed E-state index contributed by atoms with van der Waals surface area (Å²) in [5.74, 6) is 1.22. The van der Waals surface area contributed by atoms with Crippen LogP contribution in [0.1, 0.15) is 25.7 Å². The molecule has 0 spiro atoms. The summed E-state index contributed by atoms with van der Waals surface area (Å²) in [5.41, 5.74) is 0. The van der Waals surface area contributed by atoms with Crippen molar-refractivity contribution < 1.29 is 4.79 Å². The summed E-state index contributed by atoms with van der Waals surface area (Å²) in [5, 5.41) is 3.39. The lowest BCUT2D eigenvalue weighted by molar-refractivity contribution is -0.132. The van der Waals surface area contributed by atoms with Gasteiger partial charge in [-0.2, -0.15) is 0 Å². The third-order valence-electron chi connectivity index (χ3n) is 3.97. The number of likely N-dealkylation sites (N-methyl/N-ethyl adjacent to an activating group) is 1. The molecule has 2 rings (SSSR count). The van der Waals surface area contributed by atoms with Gasteiger partial charge in [0.1, 0.15) is 5.82 Å². The minimum atomic E-state index is 0. The van der Waals surface area contributed by atoms with Crippen molar-refractivity contribution in [3.05, 3.63) is 18.2 Å². The predicted octanol–water partition coefficient (Wildman–Crippen LogP) is 0.657. The molecule has 1 aliphatic heterocycles. The number of halogens is 1. The minimum Gasteiger partial charge on any atom is -0.342 e. The number of aromatic nitrogens is 2. The van der Waals surface area contributed by atoms with Crippen molar-refractivity contribution in [3.63, 3.8) is 0 Å². The number of hydrogen-bond acceptors (Lipinski definition) is 4. The van der Waals surface area contributed by atoms with E-state index < -0.39 is 0 Å². The van der Waals surface area contributed by atoms with Crippen LogP contribution in [0.4, 0.5) is 0 Å². The van der Waals surface area contributed by atoms with Crippen LogP contribution in [-0.4, -0.2) is 64.5 Å². The maximum Gasteiger partial charge on any atom is 0.236 e. The van der Waals surface area contributed by atoms with Crippen LogP contribution in [0.2, 0.25) is 0 Å². The second-order valence-electron chi connectivity index (χ2n) is 5.15. The molecule has 2 heterocycles. The van der Waals surface area contributed by atoms with Crippen molar-refractivity contribution in [2.24, 2.45) is 7.05 Å². The molecule has 1 saturated heterocycles. The van der Waals surface area contributed by atoms with Gasteiger partial charge in [0.15, 0.2) is 0 Å². The van der Waals surface area contributed by atoms with Crippen molar-refractivity contribution in [2.45, 2.75) is 19.9 Å². The van der Waals surface area contributed by atoms with Gasteiger partial charge in [0.25, 0.3) is 0 Å². The Bertz CT molecular complexity index is 446. The van der Waals surface area contributed by atoms with E-state index >= 15 is 0 Å². The average molecular weight is 316 g/mol. The van der Waals surface area contributed by atoms with Crippen LogP contribution in [0.5, 0.6) is 0 Å². The van der Waals surface area contributed by atoms with E-state index in [9.17, 15) is 4.79 Å². The molecule has 1 atom stereocenters. The van der Waals surface area contributed by atoms with Gasteiger partial charge in [-0.1, -0.05) is 0 Å². The first kappa shape index (κ1) is 17.9. The van der Waals surface area contributed by atoms with Gasteiger partial charge in [0.05, 0.1) is 12.6 Å². The number of piperazine rings is 1. The monoisotopic (exact) mass is 315 g/mol. The van der Waals surface area contributed by atoms with Crippen LogP contribution in [0.3, 0.4) is 0 Å². The molecular formula is C14H26ClN5O. The van der Waals surface area contributed by atoms with Crippen molar-refractivity contribution in [3.8, 4) is 0 Å². The van der Waals surface area contributed by atoms with E-state index in [2.05, 4.69) is 15.2 Å². The molecule has 1 aromatic heterocycles. The predicted molar refractivity (Wildman–Crippen MR) is 85.6 cm³/mol. The Hall–Kier alpha value is -1.11. The lowest BCUT2D eigenvalue weighted by atomic mass is 10.1. The number of hydrogen-bond donors (Lipinski definition) is 1. The first-order valence-electron chi connectivity index (χ1n) is 7.37. The zero-order valence-electron chi connectivity index (χ0n) is 13.1. The Kier molecular flexibility index (Phi) is 7.14. The number of carbonyl (C=O) groups excluding carboxylic acids is 1. The van der Waals surface area contributed by atoms with Gasteiger partial charge in [0.2, 0.25) is 5.91 Å². The number of aryl methyl sites for hydroxylation is 1. The second kappa shape index (κ2) is 8.36. The van der Waals surface area contributed by atoms with Crippen LogP contribution in [0, 0.1) is 0 Å². The average Bonchev–Trinajstić information content (AvgIpc) is 2.87. The molecule has 7 heteroatoms. The summed E-state index contributed by atoms with van der Waals surface area (Å²) >= 11 is 0. The topological polar surface area (TPSA) is 53.4 Å². The summed E-state index contributed by atoms with van der Waals surface area (Å²) in [4.78, 5) is 20.9. The summed E-state index contributed by atoms with van der Waals surface area (Å²) in [6.45, 7) is 8.71. The normalized spacial score (nSPS) is 19.1. The molecule has 1 aromatic rings. The Morgan fingerprint density at radius 1 is 1.48 bits per heavy atom. The number of rotatable bonds is 5. The van der Waals surface area contributed by atoms with E-state index in [4.69, 9.17) is 0 Å². The van der Waals surface area contributed by atoms with Crippen LogP contribution >= 0.6 is 12.4 Å². The molecule has 1 aliphatic rings. The van der Waals surface area contributed by atoms with Crippen molar-refractivity contribution >= 4 is 18.3 Å². The molecule has 1 amide bonds. The molecule has 6 nitrogen and oxygen atoms in total. The summed E-state index contributed by atoms with van der Waals surface area (Å²) in [6.07, 6.45) is 3.77. The largest absolute Gasteiger partial charge is 0.342 e. The molecule has 1 N–H and O–H groups in total. The zero-order chi connectivity index (χ0) is 14.5. The van der Waals surface area contributed by atoms with Crippen LogP contribution in [-0.2, 0) is 11.8 Å². The van der Waals surface area contributed by atoms with Gasteiger partial charge in [-0.3, -0.25) is 9.69 Å². The highest BCUT2D eigenvalue weighted by Crippen LogP contribution is 2.20. The maximum atomic E-state index is 12.3. The third-order valence-corrected chi connectivity index (χ3v) is 3.97. The van der Waals surface area contributed by atoms with Crippen LogP contribution in [0.15, 0.2) is 12.4 Å². The fourth-order valence-corrected chi connectivity index (χ4v) is 2.74. The Morgan fingerprint density at radius 3 is 2.76 bits per heavy atom. The van der Waals surface area contributed by atoms with Gasteiger partial charge in [0, 0.05) is 52.2 Å². The minimum absolute atomic E-state index is 0. The van der Waals surface area contributed by atoms with Crippen molar-refractivity contribution in [1.82, 2.24) is 24.7 Å². The molecule has 21 heavy (non-hydrogen) atoms. The third kappa shape index (κ3) is 4.18. The fourth-order valence-electron chi connectivity index (χ4n) is 2.74. The SMILES string of the molecule is CCN(CC)C(=O)CN1CCNCC1c1nccn1C.Cl. The Morgan fingerprint density at radius 2 is 2.19 bits per heavy atom. The highest BCUT2D eigenvalue weighted by molar-refractivity contribution is 5.85. The van der Waals surface area contributed by atoms with E-state index in [0.29, 0.717) is 6.54 Å². The van der Waals surface area contributed by atoms with Gasteiger partial charge in [-0.15, -0.1) is 12.4 Å². The Balaban J connectivity index is 0.00000220. The molecule has 1 unspecified atom stereocenters. The highest BCUT2D eigenvalue weighted by atomic mass is 35.5. The smallest absolute Gasteiger partial charge is 0.236 e. The van der Waals surface area contributed by atoms with E-state index in [1.807, 2.05) is 42.8 Å². The van der Waals surface area contributed by atoms with Crippen LogP contribution < -0.4 is 5.32 Å². The van der Waals surface area contributed by atoms with Crippen molar-refractivity contribution in [2.75, 3.05) is 39.3 Å². The molecule has 0 aliphatic carbocycles. The van der Waals surface area contributed by atoms with E-state index in [-0.39, 0.29) is 24.4 Å². The molecular weight excluding hydrogens is 290 g/mol. The second-order valence-corrected chi connectivity index (χ2v) is 5.15. The standard InChI is InChI=1S/C14H25N5O.ClH/c1-4-18(5-2)13(20)11-19-9-6-15-10-12(19)14-16-7-8-17(14)3;/h7-8,12,15H,4-6,9-11H2,1-3H3;1H. The molecule has 1 fully saturated rings. The first-order chi connectivity index (χ1) is 9.67. The fraction of sp³-hybridized carbons (Fsp3) is 0.714. The number of nitrogens with one attached hydrogen (secondary N) is 1. The molecule has 0 radical (unpaired) electrons. The molecule has 0 aromatic carbocycles. The number of nitrogens with zero attached hydrogens (tertiary/aromatic N) is 4. The number of imidazole rings is 1. The summed E-state index contributed by atoms with van der Waals surface area (Å²) in [6, 6.07) is 0.170.